The lowest BCUT2D eigenvalue weighted by Crippen LogP contribution is -2.42. The Morgan fingerprint density at radius 3 is 2.60 bits per heavy atom. The molecule has 110 valence electrons. The summed E-state index contributed by atoms with van der Waals surface area (Å²) in [5.41, 5.74) is 7.29. The van der Waals surface area contributed by atoms with E-state index in [0.29, 0.717) is 12.2 Å². The lowest BCUT2D eigenvalue weighted by molar-refractivity contribution is -0.131. The molecule has 1 atom stereocenters. The number of amides is 1. The van der Waals surface area contributed by atoms with E-state index in [0.717, 1.165) is 24.7 Å². The molecule has 0 saturated heterocycles. The predicted molar refractivity (Wildman–Crippen MR) is 78.7 cm³/mol. The van der Waals surface area contributed by atoms with Gasteiger partial charge in [0.05, 0.1) is 0 Å². The Kier molecular flexibility index (Phi) is 4.04. The fourth-order valence-corrected chi connectivity index (χ4v) is 2.58. The fraction of sp³-hybridized carbons (Fsp3) is 0.500. The minimum Gasteiger partial charge on any atom is -0.399 e. The van der Waals surface area contributed by atoms with Gasteiger partial charge in [0.25, 0.3) is 0 Å². The third-order valence-corrected chi connectivity index (χ3v) is 5.05. The molecule has 0 aliphatic heterocycles. The van der Waals surface area contributed by atoms with Gasteiger partial charge in [-0.15, -0.1) is 0 Å². The van der Waals surface area contributed by atoms with Gasteiger partial charge in [0.15, 0.2) is 9.84 Å². The van der Waals surface area contributed by atoms with Crippen LogP contribution in [0.2, 0.25) is 0 Å². The Labute approximate surface area is 119 Å². The summed E-state index contributed by atoms with van der Waals surface area (Å²) in [4.78, 5) is 14.0. The first-order valence-corrected chi connectivity index (χ1v) is 8.58. The molecule has 0 aromatic heterocycles. The number of nitrogen functional groups attached to an aromatic ring is 1. The molecule has 1 aromatic carbocycles. The van der Waals surface area contributed by atoms with Crippen LogP contribution in [0.25, 0.3) is 0 Å². The molecule has 2 rings (SSSR count). The van der Waals surface area contributed by atoms with Gasteiger partial charge < -0.3 is 10.6 Å². The summed E-state index contributed by atoms with van der Waals surface area (Å²) in [5, 5.41) is -0.996. The molecule has 1 unspecified atom stereocenters. The van der Waals surface area contributed by atoms with Crippen LogP contribution in [0, 0.1) is 0 Å². The fourth-order valence-electron chi connectivity index (χ4n) is 2.08. The third kappa shape index (κ3) is 3.50. The van der Waals surface area contributed by atoms with Gasteiger partial charge in [-0.05, 0) is 37.5 Å². The number of nitrogens with zero attached hydrogens (tertiary/aromatic N) is 1. The van der Waals surface area contributed by atoms with Crippen molar-refractivity contribution in [3.05, 3.63) is 29.8 Å². The van der Waals surface area contributed by atoms with E-state index in [4.69, 9.17) is 5.73 Å². The molecule has 5 nitrogen and oxygen atoms in total. The van der Waals surface area contributed by atoms with Gasteiger partial charge in [0.1, 0.15) is 5.25 Å². The summed E-state index contributed by atoms with van der Waals surface area (Å²) in [5.74, 6) is -0.322. The molecule has 1 fully saturated rings. The summed E-state index contributed by atoms with van der Waals surface area (Å²) in [6.45, 7) is 1.86. The van der Waals surface area contributed by atoms with Crippen LogP contribution in [0.1, 0.15) is 25.3 Å². The van der Waals surface area contributed by atoms with Crippen LogP contribution < -0.4 is 5.73 Å². The minimum absolute atomic E-state index is 0.160. The molecule has 0 radical (unpaired) electrons. The molecule has 1 aliphatic rings. The molecule has 0 spiro atoms. The molecule has 1 saturated carbocycles. The minimum atomic E-state index is -3.37. The summed E-state index contributed by atoms with van der Waals surface area (Å²) < 4.78 is 23.1. The number of nitrogens with two attached hydrogens (primary N) is 1. The molecule has 1 aromatic rings. The highest BCUT2D eigenvalue weighted by molar-refractivity contribution is 7.92. The van der Waals surface area contributed by atoms with Crippen LogP contribution in [0.15, 0.2) is 24.3 Å². The summed E-state index contributed by atoms with van der Waals surface area (Å²) in [6.07, 6.45) is 2.97. The van der Waals surface area contributed by atoms with Crippen LogP contribution in [0.4, 0.5) is 5.69 Å². The van der Waals surface area contributed by atoms with Crippen molar-refractivity contribution < 1.29 is 13.2 Å². The van der Waals surface area contributed by atoms with Crippen molar-refractivity contribution >= 4 is 21.4 Å². The Balaban J connectivity index is 2.18. The molecule has 2 N–H and O–H groups in total. The van der Waals surface area contributed by atoms with Crippen molar-refractivity contribution in [1.82, 2.24) is 4.90 Å². The second kappa shape index (κ2) is 5.44. The zero-order valence-electron chi connectivity index (χ0n) is 11.7. The number of rotatable bonds is 5. The van der Waals surface area contributed by atoms with Gasteiger partial charge in [-0.1, -0.05) is 12.1 Å². The van der Waals surface area contributed by atoms with Crippen molar-refractivity contribution in [2.45, 2.75) is 37.6 Å². The lowest BCUT2D eigenvalue weighted by atomic mass is 10.2. The number of carbonyl (C=O) groups excluding carboxylic acids is 1. The maximum atomic E-state index is 12.4. The molecule has 1 amide bonds. The van der Waals surface area contributed by atoms with Crippen molar-refractivity contribution in [3.63, 3.8) is 0 Å². The lowest BCUT2D eigenvalue weighted by Gasteiger charge is -2.25. The van der Waals surface area contributed by atoms with Crippen molar-refractivity contribution in [3.8, 4) is 0 Å². The standard InChI is InChI=1S/C14H20N2O3S/c1-10(20(2,18)19)14(17)16(13-6-7-13)9-11-4-3-5-12(15)8-11/h3-5,8,10,13H,6-7,9,15H2,1-2H3. The van der Waals surface area contributed by atoms with E-state index in [1.54, 1.807) is 11.0 Å². The van der Waals surface area contributed by atoms with E-state index in [2.05, 4.69) is 0 Å². The monoisotopic (exact) mass is 296 g/mol. The highest BCUT2D eigenvalue weighted by Gasteiger charge is 2.37. The average Bonchev–Trinajstić information content (AvgIpc) is 3.17. The van der Waals surface area contributed by atoms with Crippen molar-refractivity contribution in [1.29, 1.82) is 0 Å². The summed E-state index contributed by atoms with van der Waals surface area (Å²) >= 11 is 0. The molecule has 0 heterocycles. The third-order valence-electron chi connectivity index (χ3n) is 3.56. The van der Waals surface area contributed by atoms with E-state index in [1.807, 2.05) is 18.2 Å². The average molecular weight is 296 g/mol. The number of hydrogen-bond acceptors (Lipinski definition) is 4. The van der Waals surface area contributed by atoms with E-state index in [1.165, 1.54) is 6.92 Å². The quantitative estimate of drug-likeness (QED) is 0.828. The number of sulfone groups is 1. The van der Waals surface area contributed by atoms with Crippen LogP contribution in [-0.2, 0) is 21.2 Å². The van der Waals surface area contributed by atoms with Crippen LogP contribution >= 0.6 is 0 Å². The van der Waals surface area contributed by atoms with Gasteiger partial charge in [-0.3, -0.25) is 4.79 Å². The smallest absolute Gasteiger partial charge is 0.241 e. The van der Waals surface area contributed by atoms with E-state index in [9.17, 15) is 13.2 Å². The van der Waals surface area contributed by atoms with Gasteiger partial charge in [0.2, 0.25) is 5.91 Å². The molecular weight excluding hydrogens is 276 g/mol. The van der Waals surface area contributed by atoms with Crippen molar-refractivity contribution in [2.75, 3.05) is 12.0 Å². The largest absolute Gasteiger partial charge is 0.399 e. The second-order valence-corrected chi connectivity index (χ2v) is 7.78. The topological polar surface area (TPSA) is 80.5 Å². The SMILES string of the molecule is CC(C(=O)N(Cc1cccc(N)c1)C1CC1)S(C)(=O)=O. The number of anilines is 1. The first-order chi connectivity index (χ1) is 9.29. The Morgan fingerprint density at radius 1 is 1.45 bits per heavy atom. The van der Waals surface area contributed by atoms with E-state index >= 15 is 0 Å². The zero-order chi connectivity index (χ0) is 14.9. The Bertz CT molecular complexity index is 609. The highest BCUT2D eigenvalue weighted by Crippen LogP contribution is 2.29. The van der Waals surface area contributed by atoms with Crippen LogP contribution in [-0.4, -0.2) is 36.8 Å². The summed E-state index contributed by atoms with van der Waals surface area (Å²) in [7, 11) is -3.37. The van der Waals surface area contributed by atoms with E-state index in [-0.39, 0.29) is 11.9 Å². The highest BCUT2D eigenvalue weighted by atomic mass is 32.2. The zero-order valence-corrected chi connectivity index (χ0v) is 12.6. The number of benzene rings is 1. The van der Waals surface area contributed by atoms with Crippen molar-refractivity contribution in [2.24, 2.45) is 0 Å². The van der Waals surface area contributed by atoms with Gasteiger partial charge in [0, 0.05) is 24.5 Å². The van der Waals surface area contributed by atoms with Crippen LogP contribution in [0.3, 0.4) is 0 Å². The normalized spacial score (nSPS) is 16.7. The molecule has 20 heavy (non-hydrogen) atoms. The van der Waals surface area contributed by atoms with Gasteiger partial charge >= 0.3 is 0 Å². The molecular formula is C14H20N2O3S. The molecule has 1 aliphatic carbocycles. The van der Waals surface area contributed by atoms with Crippen LogP contribution in [0.5, 0.6) is 0 Å². The number of carbonyl (C=O) groups is 1. The Morgan fingerprint density at radius 2 is 2.10 bits per heavy atom. The van der Waals surface area contributed by atoms with Gasteiger partial charge in [-0.2, -0.15) is 0 Å². The Hall–Kier alpha value is -1.56. The first-order valence-electron chi connectivity index (χ1n) is 6.63. The maximum Gasteiger partial charge on any atom is 0.241 e. The number of hydrogen-bond donors (Lipinski definition) is 1. The predicted octanol–water partition coefficient (Wildman–Crippen LogP) is 1.19. The summed E-state index contributed by atoms with van der Waals surface area (Å²) in [6, 6.07) is 7.48. The van der Waals surface area contributed by atoms with E-state index < -0.39 is 15.1 Å². The second-order valence-electron chi connectivity index (χ2n) is 5.41. The maximum absolute atomic E-state index is 12.4. The van der Waals surface area contributed by atoms with Gasteiger partial charge in [-0.25, -0.2) is 8.42 Å². The first kappa shape index (κ1) is 14.8. The molecule has 0 bridgehead atoms. The molecule has 6 heteroatoms.